The highest BCUT2D eigenvalue weighted by Crippen LogP contribution is 2.29. The monoisotopic (exact) mass is 805 g/mol. The first-order chi connectivity index (χ1) is 27.2. The number of esters is 1. The molecule has 57 heavy (non-hydrogen) atoms. The van der Waals surface area contributed by atoms with Gasteiger partial charge in [0.05, 0.1) is 0 Å². The van der Waals surface area contributed by atoms with E-state index in [2.05, 4.69) is 21.3 Å². The Hall–Kier alpha value is -5.18. The summed E-state index contributed by atoms with van der Waals surface area (Å²) in [5.74, 6) is -3.54. The Balaban J connectivity index is 1.33. The molecule has 4 saturated heterocycles. The summed E-state index contributed by atoms with van der Waals surface area (Å²) in [5, 5.41) is 11.4. The zero-order valence-corrected chi connectivity index (χ0v) is 33.6. The van der Waals surface area contributed by atoms with Gasteiger partial charge in [-0.25, -0.2) is 9.59 Å². The van der Waals surface area contributed by atoms with Gasteiger partial charge in [0.2, 0.25) is 29.5 Å². The lowest BCUT2D eigenvalue weighted by Gasteiger charge is -2.39. The molecule has 4 fully saturated rings. The maximum atomic E-state index is 14.7. The first kappa shape index (κ1) is 41.5. The number of fused-ring (bicyclic) bond motifs is 3. The summed E-state index contributed by atoms with van der Waals surface area (Å²) in [7, 11) is 0. The number of nitrogens with one attached hydrogen (secondary N) is 4. The largest absolute Gasteiger partial charge is 0.458 e. The van der Waals surface area contributed by atoms with Crippen LogP contribution in [0.2, 0.25) is 5.02 Å². The highest BCUT2D eigenvalue weighted by Gasteiger charge is 2.47. The summed E-state index contributed by atoms with van der Waals surface area (Å²) in [4.78, 5) is 103. The van der Waals surface area contributed by atoms with Crippen LogP contribution in [0.1, 0.15) is 70.4 Å². The van der Waals surface area contributed by atoms with Gasteiger partial charge in [0, 0.05) is 36.8 Å². The number of urea groups is 1. The van der Waals surface area contributed by atoms with Crippen molar-refractivity contribution in [2.45, 2.75) is 115 Å². The molecule has 2 aromatic rings. The van der Waals surface area contributed by atoms with Crippen molar-refractivity contribution < 1.29 is 38.3 Å². The third-order valence-corrected chi connectivity index (χ3v) is 11.5. The van der Waals surface area contributed by atoms with Crippen LogP contribution in [-0.2, 0) is 39.9 Å². The molecular weight excluding hydrogens is 754 g/mol. The SMILES string of the molecule is Cc1cccc(C[C@H](NC(=O)Nc2cccc(Cl)c2)C(=O)N[C@@H]2C(=O)N3CCC[C@H]3C(=O)N3CCCC[C@H]3C(=O)N[C@@H](C)C(=O)N3C[C@H](C)C[C@H]3C(=O)O[C@H]2C)c1. The first-order valence-corrected chi connectivity index (χ1v) is 20.2. The Bertz CT molecular complexity index is 1890. The van der Waals surface area contributed by atoms with Gasteiger partial charge in [0.1, 0.15) is 42.4 Å². The summed E-state index contributed by atoms with van der Waals surface area (Å²) in [5.41, 5.74) is 2.07. The van der Waals surface area contributed by atoms with Crippen LogP contribution in [0, 0.1) is 12.8 Å². The first-order valence-electron chi connectivity index (χ1n) is 19.8. The number of ether oxygens (including phenoxy) is 1. The predicted molar refractivity (Wildman–Crippen MR) is 211 cm³/mol. The standard InChI is InChI=1S/C41H52ClN7O8/c1-23-10-7-11-27(18-23)20-30(45-41(56)44-29-13-8-12-28(42)21-29)35(50)46-34-26(4)57-40(55)33-19-24(2)22-49(33)37(52)25(3)43-36(51)31-14-5-6-16-47(31)38(53)32-15-9-17-48(32)39(34)54/h7-8,10-13,18,21,24-26,30-34H,5-6,9,14-17,19-20,22H2,1-4H3,(H,43,51)(H,46,50)(H2,44,45,56)/t24-,25+,26+,30+,31+,32+,33+,34+/m1/s1. The van der Waals surface area contributed by atoms with Gasteiger partial charge in [-0.2, -0.15) is 0 Å². The molecule has 2 aromatic carbocycles. The topological polar surface area (TPSA) is 187 Å². The lowest BCUT2D eigenvalue weighted by atomic mass is 9.99. The highest BCUT2D eigenvalue weighted by molar-refractivity contribution is 6.30. The van der Waals surface area contributed by atoms with Crippen molar-refractivity contribution in [1.82, 2.24) is 30.7 Å². The molecule has 8 atom stereocenters. The Morgan fingerprint density at radius 1 is 0.860 bits per heavy atom. The van der Waals surface area contributed by atoms with Gasteiger partial charge < -0.3 is 40.7 Å². The van der Waals surface area contributed by atoms with Crippen molar-refractivity contribution >= 4 is 58.8 Å². The van der Waals surface area contributed by atoms with E-state index >= 15 is 0 Å². The lowest BCUT2D eigenvalue weighted by Crippen LogP contribution is -2.63. The highest BCUT2D eigenvalue weighted by atomic mass is 35.5. The Labute approximate surface area is 337 Å². The molecule has 7 amide bonds. The molecule has 4 heterocycles. The van der Waals surface area contributed by atoms with Crippen molar-refractivity contribution in [3.8, 4) is 0 Å². The second kappa shape index (κ2) is 18.0. The average molecular weight is 806 g/mol. The van der Waals surface area contributed by atoms with E-state index in [4.69, 9.17) is 16.3 Å². The summed E-state index contributed by atoms with van der Waals surface area (Å²) in [6, 6.07) is 6.80. The van der Waals surface area contributed by atoms with Gasteiger partial charge in [-0.1, -0.05) is 54.4 Å². The number of carbonyl (C=O) groups excluding carboxylic acids is 7. The van der Waals surface area contributed by atoms with Gasteiger partial charge in [-0.05, 0) is 89.0 Å². The van der Waals surface area contributed by atoms with E-state index in [1.165, 1.54) is 21.6 Å². The fourth-order valence-electron chi connectivity index (χ4n) is 8.40. The summed E-state index contributed by atoms with van der Waals surface area (Å²) >= 11 is 6.12. The number of anilines is 1. The van der Waals surface area contributed by atoms with Crippen molar-refractivity contribution in [1.29, 1.82) is 0 Å². The minimum atomic E-state index is -1.48. The van der Waals surface area contributed by atoms with E-state index in [9.17, 15) is 33.6 Å². The van der Waals surface area contributed by atoms with E-state index in [-0.39, 0.29) is 25.4 Å². The van der Waals surface area contributed by atoms with Crippen LogP contribution in [0.25, 0.3) is 0 Å². The number of carbonyl (C=O) groups is 7. The molecule has 0 spiro atoms. The second-order valence-corrected chi connectivity index (χ2v) is 16.2. The normalized spacial score (nSPS) is 27.8. The molecule has 16 heteroatoms. The van der Waals surface area contributed by atoms with Gasteiger partial charge in [0.25, 0.3) is 0 Å². The van der Waals surface area contributed by atoms with Crippen LogP contribution in [0.5, 0.6) is 0 Å². The van der Waals surface area contributed by atoms with Crippen molar-refractivity contribution in [3.63, 3.8) is 0 Å². The number of nitrogens with zero attached hydrogens (tertiary/aromatic N) is 3. The molecule has 0 saturated carbocycles. The van der Waals surface area contributed by atoms with Crippen LogP contribution in [0.4, 0.5) is 10.5 Å². The summed E-state index contributed by atoms with van der Waals surface area (Å²) in [6.45, 7) is 7.60. The number of cyclic esters (lactones) is 1. The van der Waals surface area contributed by atoms with E-state index in [0.29, 0.717) is 55.8 Å². The molecular formula is C41H52ClN7O8. The number of benzene rings is 2. The Morgan fingerprint density at radius 3 is 2.33 bits per heavy atom. The molecule has 306 valence electrons. The smallest absolute Gasteiger partial charge is 0.329 e. The third-order valence-electron chi connectivity index (χ3n) is 11.3. The average Bonchev–Trinajstić information content (AvgIpc) is 3.82. The van der Waals surface area contributed by atoms with E-state index in [0.717, 1.165) is 11.1 Å². The number of halogens is 1. The number of aryl methyl sites for hydroxylation is 1. The fraction of sp³-hybridized carbons (Fsp3) is 0.537. The molecule has 0 unspecified atom stereocenters. The number of hydrogen-bond donors (Lipinski definition) is 4. The van der Waals surface area contributed by atoms with E-state index in [1.807, 2.05) is 38.1 Å². The van der Waals surface area contributed by atoms with E-state index < -0.39 is 83.9 Å². The molecule has 0 bridgehead atoms. The zero-order valence-electron chi connectivity index (χ0n) is 32.8. The molecule has 4 N–H and O–H groups in total. The fourth-order valence-corrected chi connectivity index (χ4v) is 8.59. The minimum absolute atomic E-state index is 0.0456. The van der Waals surface area contributed by atoms with Crippen LogP contribution >= 0.6 is 11.6 Å². The molecule has 0 aliphatic carbocycles. The van der Waals surface area contributed by atoms with Crippen molar-refractivity contribution in [2.24, 2.45) is 5.92 Å². The van der Waals surface area contributed by atoms with Crippen LogP contribution in [0.3, 0.4) is 0 Å². The summed E-state index contributed by atoms with van der Waals surface area (Å²) < 4.78 is 5.96. The van der Waals surface area contributed by atoms with Gasteiger partial charge in [-0.15, -0.1) is 0 Å². The molecule has 0 aromatic heterocycles. The van der Waals surface area contributed by atoms with Crippen LogP contribution in [0.15, 0.2) is 48.5 Å². The van der Waals surface area contributed by atoms with Gasteiger partial charge in [0.15, 0.2) is 0 Å². The second-order valence-electron chi connectivity index (χ2n) is 15.8. The predicted octanol–water partition coefficient (Wildman–Crippen LogP) is 2.93. The van der Waals surface area contributed by atoms with Crippen molar-refractivity contribution in [3.05, 3.63) is 64.7 Å². The van der Waals surface area contributed by atoms with Crippen molar-refractivity contribution in [2.75, 3.05) is 25.0 Å². The number of piperidine rings is 1. The molecule has 0 radical (unpaired) electrons. The number of rotatable bonds is 6. The Kier molecular flexibility index (Phi) is 13.1. The quantitative estimate of drug-likeness (QED) is 0.321. The van der Waals surface area contributed by atoms with Gasteiger partial charge in [-0.3, -0.25) is 24.0 Å². The van der Waals surface area contributed by atoms with E-state index in [1.54, 1.807) is 31.2 Å². The summed E-state index contributed by atoms with van der Waals surface area (Å²) in [6.07, 6.45) is 1.67. The zero-order chi connectivity index (χ0) is 41.0. The Morgan fingerprint density at radius 2 is 1.58 bits per heavy atom. The lowest BCUT2D eigenvalue weighted by molar-refractivity contribution is -0.163. The maximum Gasteiger partial charge on any atom is 0.329 e. The maximum absolute atomic E-state index is 14.7. The molecule has 6 rings (SSSR count). The molecule has 4 aliphatic heterocycles. The van der Waals surface area contributed by atoms with Crippen LogP contribution in [-0.4, -0.2) is 118 Å². The third kappa shape index (κ3) is 9.69. The van der Waals surface area contributed by atoms with Crippen LogP contribution < -0.4 is 21.3 Å². The number of hydrogen-bond acceptors (Lipinski definition) is 8. The minimum Gasteiger partial charge on any atom is -0.458 e. The number of amides is 7. The molecule has 15 nitrogen and oxygen atoms in total. The van der Waals surface area contributed by atoms with Gasteiger partial charge >= 0.3 is 12.0 Å². The molecule has 4 aliphatic rings.